The number of hydrogen-bond acceptors (Lipinski definition) is 2. The van der Waals surface area contributed by atoms with Gasteiger partial charge in [0, 0.05) is 10.9 Å². The molecule has 0 radical (unpaired) electrons. The Bertz CT molecular complexity index is 771. The largest absolute Gasteiger partial charge is 0.452 e. The van der Waals surface area contributed by atoms with E-state index in [4.69, 9.17) is 4.42 Å². The molecule has 0 aliphatic heterocycles. The molecule has 0 N–H and O–H groups in total. The molecule has 19 heavy (non-hydrogen) atoms. The monoisotopic (exact) mass is 254 g/mol. The molecule has 0 aliphatic carbocycles. The van der Waals surface area contributed by atoms with E-state index in [1.165, 1.54) is 18.2 Å². The molecular formula is C16H11FO2. The highest BCUT2D eigenvalue weighted by Crippen LogP contribution is 2.24. The Morgan fingerprint density at radius 1 is 1.11 bits per heavy atom. The smallest absolute Gasteiger partial charge is 0.228 e. The van der Waals surface area contributed by atoms with E-state index in [-0.39, 0.29) is 17.1 Å². The van der Waals surface area contributed by atoms with E-state index in [1.807, 2.05) is 25.1 Å². The van der Waals surface area contributed by atoms with Crippen molar-refractivity contribution in [2.45, 2.75) is 6.92 Å². The van der Waals surface area contributed by atoms with Gasteiger partial charge in [-0.15, -0.1) is 0 Å². The molecule has 94 valence electrons. The first kappa shape index (κ1) is 11.7. The van der Waals surface area contributed by atoms with E-state index in [0.29, 0.717) is 5.58 Å². The molecule has 1 aromatic heterocycles. The second-order valence-electron chi connectivity index (χ2n) is 4.44. The van der Waals surface area contributed by atoms with E-state index >= 15 is 0 Å². The minimum atomic E-state index is -0.432. The van der Waals surface area contributed by atoms with Crippen LogP contribution in [0.15, 0.2) is 52.9 Å². The molecule has 0 atom stereocenters. The van der Waals surface area contributed by atoms with E-state index in [2.05, 4.69) is 0 Å². The average molecular weight is 254 g/mol. The molecule has 0 bridgehead atoms. The van der Waals surface area contributed by atoms with Crippen molar-refractivity contribution in [3.63, 3.8) is 0 Å². The minimum Gasteiger partial charge on any atom is -0.452 e. The van der Waals surface area contributed by atoms with Crippen LogP contribution in [0.3, 0.4) is 0 Å². The van der Waals surface area contributed by atoms with Gasteiger partial charge < -0.3 is 4.42 Å². The fourth-order valence-electron chi connectivity index (χ4n) is 2.09. The highest BCUT2D eigenvalue weighted by molar-refractivity contribution is 6.09. The molecule has 0 saturated heterocycles. The highest BCUT2D eigenvalue weighted by atomic mass is 19.1. The molecule has 0 aliphatic rings. The minimum absolute atomic E-state index is 0.231. The zero-order valence-corrected chi connectivity index (χ0v) is 10.3. The topological polar surface area (TPSA) is 30.2 Å². The fourth-order valence-corrected chi connectivity index (χ4v) is 2.09. The number of halogens is 1. The Morgan fingerprint density at radius 3 is 2.63 bits per heavy atom. The predicted octanol–water partition coefficient (Wildman–Crippen LogP) is 4.11. The van der Waals surface area contributed by atoms with E-state index < -0.39 is 5.82 Å². The van der Waals surface area contributed by atoms with Crippen molar-refractivity contribution in [2.24, 2.45) is 0 Å². The maximum absolute atomic E-state index is 13.1. The lowest BCUT2D eigenvalue weighted by atomic mass is 10.1. The molecule has 3 rings (SSSR count). The number of fused-ring (bicyclic) bond motifs is 1. The van der Waals surface area contributed by atoms with Crippen molar-refractivity contribution in [2.75, 3.05) is 0 Å². The van der Waals surface area contributed by atoms with Gasteiger partial charge in [-0.3, -0.25) is 4.79 Å². The zero-order chi connectivity index (χ0) is 13.4. The van der Waals surface area contributed by atoms with Gasteiger partial charge >= 0.3 is 0 Å². The number of carbonyl (C=O) groups excluding carboxylic acids is 1. The van der Waals surface area contributed by atoms with Crippen molar-refractivity contribution in [3.8, 4) is 0 Å². The van der Waals surface area contributed by atoms with Crippen LogP contribution in [0, 0.1) is 12.7 Å². The van der Waals surface area contributed by atoms with Gasteiger partial charge in [-0.05, 0) is 30.7 Å². The highest BCUT2D eigenvalue weighted by Gasteiger charge is 2.15. The van der Waals surface area contributed by atoms with Crippen LogP contribution in [-0.4, -0.2) is 5.78 Å². The van der Waals surface area contributed by atoms with Crippen LogP contribution in [-0.2, 0) is 0 Å². The van der Waals surface area contributed by atoms with Gasteiger partial charge in [0.15, 0.2) is 5.76 Å². The van der Waals surface area contributed by atoms with Crippen LogP contribution in [0.1, 0.15) is 21.7 Å². The molecule has 0 amide bonds. The van der Waals surface area contributed by atoms with Gasteiger partial charge in [0.05, 0.1) is 0 Å². The van der Waals surface area contributed by atoms with Gasteiger partial charge in [0.1, 0.15) is 11.4 Å². The standard InChI is InChI=1S/C16H11FO2/c1-10-4-2-6-12-9-14(19-16(10)12)15(18)11-5-3-7-13(17)8-11/h2-9H,1H3. The van der Waals surface area contributed by atoms with Gasteiger partial charge in [0.2, 0.25) is 5.78 Å². The number of aryl methyl sites for hydroxylation is 1. The Morgan fingerprint density at radius 2 is 1.89 bits per heavy atom. The van der Waals surface area contributed by atoms with Crippen LogP contribution in [0.25, 0.3) is 11.0 Å². The molecule has 2 nitrogen and oxygen atoms in total. The molecule has 3 aromatic rings. The summed E-state index contributed by atoms with van der Waals surface area (Å²) in [5.74, 6) is -0.511. The van der Waals surface area contributed by atoms with Gasteiger partial charge in [-0.1, -0.05) is 30.3 Å². The predicted molar refractivity (Wildman–Crippen MR) is 70.8 cm³/mol. The third-order valence-electron chi connectivity index (χ3n) is 3.05. The fraction of sp³-hybridized carbons (Fsp3) is 0.0625. The lowest BCUT2D eigenvalue weighted by Gasteiger charge is -1.97. The second-order valence-corrected chi connectivity index (χ2v) is 4.44. The van der Waals surface area contributed by atoms with E-state index in [1.54, 1.807) is 12.1 Å². The number of para-hydroxylation sites is 1. The molecule has 0 spiro atoms. The third kappa shape index (κ3) is 2.03. The lowest BCUT2D eigenvalue weighted by molar-refractivity contribution is 0.101. The van der Waals surface area contributed by atoms with Crippen LogP contribution in [0.2, 0.25) is 0 Å². The Kier molecular flexibility index (Phi) is 2.67. The van der Waals surface area contributed by atoms with E-state index in [0.717, 1.165) is 10.9 Å². The summed E-state index contributed by atoms with van der Waals surface area (Å²) in [5.41, 5.74) is 1.95. The van der Waals surface area contributed by atoms with Gasteiger partial charge in [0.25, 0.3) is 0 Å². The summed E-state index contributed by atoms with van der Waals surface area (Å²) in [4.78, 5) is 12.2. The SMILES string of the molecule is Cc1cccc2cc(C(=O)c3cccc(F)c3)oc12. The number of ketones is 1. The Labute approximate surface area is 109 Å². The zero-order valence-electron chi connectivity index (χ0n) is 10.3. The average Bonchev–Trinajstić information content (AvgIpc) is 2.83. The first-order valence-corrected chi connectivity index (χ1v) is 5.94. The number of rotatable bonds is 2. The van der Waals surface area contributed by atoms with Crippen molar-refractivity contribution >= 4 is 16.8 Å². The van der Waals surface area contributed by atoms with Crippen LogP contribution < -0.4 is 0 Å². The van der Waals surface area contributed by atoms with Crippen LogP contribution in [0.5, 0.6) is 0 Å². The quantitative estimate of drug-likeness (QED) is 0.644. The number of hydrogen-bond donors (Lipinski definition) is 0. The molecule has 2 aromatic carbocycles. The first-order valence-electron chi connectivity index (χ1n) is 5.94. The summed E-state index contributed by atoms with van der Waals surface area (Å²) in [6, 6.07) is 13.0. The summed E-state index contributed by atoms with van der Waals surface area (Å²) < 4.78 is 18.7. The van der Waals surface area contributed by atoms with E-state index in [9.17, 15) is 9.18 Å². The van der Waals surface area contributed by atoms with Gasteiger partial charge in [-0.2, -0.15) is 0 Å². The number of furan rings is 1. The lowest BCUT2D eigenvalue weighted by Crippen LogP contribution is -1.99. The molecule has 0 saturated carbocycles. The van der Waals surface area contributed by atoms with Crippen molar-refractivity contribution in [3.05, 3.63) is 71.2 Å². The summed E-state index contributed by atoms with van der Waals surface area (Å²) in [5, 5.41) is 0.875. The molecular weight excluding hydrogens is 243 g/mol. The second kappa shape index (κ2) is 4.35. The Hall–Kier alpha value is -2.42. The van der Waals surface area contributed by atoms with Crippen molar-refractivity contribution < 1.29 is 13.6 Å². The summed E-state index contributed by atoms with van der Waals surface area (Å²) in [6.45, 7) is 1.92. The normalized spacial score (nSPS) is 10.8. The molecule has 1 heterocycles. The van der Waals surface area contributed by atoms with Crippen molar-refractivity contribution in [1.82, 2.24) is 0 Å². The van der Waals surface area contributed by atoms with Crippen LogP contribution in [0.4, 0.5) is 4.39 Å². The summed E-state index contributed by atoms with van der Waals surface area (Å²) in [7, 11) is 0. The van der Waals surface area contributed by atoms with Crippen LogP contribution >= 0.6 is 0 Å². The maximum Gasteiger partial charge on any atom is 0.228 e. The third-order valence-corrected chi connectivity index (χ3v) is 3.05. The molecule has 0 fully saturated rings. The number of carbonyl (C=O) groups is 1. The maximum atomic E-state index is 13.1. The van der Waals surface area contributed by atoms with Crippen molar-refractivity contribution in [1.29, 1.82) is 0 Å². The Balaban J connectivity index is 2.09. The van der Waals surface area contributed by atoms with Gasteiger partial charge in [-0.25, -0.2) is 4.39 Å². The molecule has 3 heteroatoms. The first-order chi connectivity index (χ1) is 9.15. The summed E-state index contributed by atoms with van der Waals surface area (Å²) in [6.07, 6.45) is 0. The summed E-state index contributed by atoms with van der Waals surface area (Å²) >= 11 is 0. The molecule has 0 unspecified atom stereocenters. The number of benzene rings is 2.